The van der Waals surface area contributed by atoms with Gasteiger partial charge in [0.2, 0.25) is 10.0 Å². The highest BCUT2D eigenvalue weighted by atomic mass is 32.2. The van der Waals surface area contributed by atoms with Crippen molar-refractivity contribution in [3.8, 4) is 10.6 Å². The fraction of sp³-hybridized carbons (Fsp3) is 0.222. The molecule has 0 unspecified atom stereocenters. The van der Waals surface area contributed by atoms with Crippen molar-refractivity contribution in [1.82, 2.24) is 9.29 Å². The summed E-state index contributed by atoms with van der Waals surface area (Å²) in [4.78, 5) is 18.1. The van der Waals surface area contributed by atoms with Gasteiger partial charge < -0.3 is 4.74 Å². The first-order chi connectivity index (χ1) is 13.5. The minimum absolute atomic E-state index is 0.0977. The molecule has 1 fully saturated rings. The number of aromatic nitrogens is 1. The number of thiophene rings is 1. The van der Waals surface area contributed by atoms with Gasteiger partial charge in [-0.15, -0.1) is 22.7 Å². The van der Waals surface area contributed by atoms with Crippen molar-refractivity contribution in [2.24, 2.45) is 0 Å². The Morgan fingerprint density at radius 3 is 2.71 bits per heavy atom. The molecule has 10 heteroatoms. The Hall–Kier alpha value is -2.11. The van der Waals surface area contributed by atoms with Gasteiger partial charge >= 0.3 is 0 Å². The topological polar surface area (TPSA) is 88.6 Å². The van der Waals surface area contributed by atoms with Gasteiger partial charge in [0, 0.05) is 24.0 Å². The van der Waals surface area contributed by atoms with E-state index in [0.29, 0.717) is 31.4 Å². The lowest BCUT2D eigenvalue weighted by molar-refractivity contribution is 0.0730. The van der Waals surface area contributed by atoms with E-state index in [2.05, 4.69) is 10.3 Å². The Morgan fingerprint density at radius 1 is 1.14 bits per heavy atom. The van der Waals surface area contributed by atoms with E-state index >= 15 is 0 Å². The van der Waals surface area contributed by atoms with Gasteiger partial charge in [0.05, 0.1) is 28.7 Å². The van der Waals surface area contributed by atoms with E-state index in [1.165, 1.54) is 27.8 Å². The molecular formula is C18H17N3O4S3. The van der Waals surface area contributed by atoms with Gasteiger partial charge in [-0.05, 0) is 29.6 Å². The second kappa shape index (κ2) is 8.10. The zero-order chi connectivity index (χ0) is 19.6. The van der Waals surface area contributed by atoms with Crippen LogP contribution in [0.2, 0.25) is 0 Å². The van der Waals surface area contributed by atoms with Crippen LogP contribution in [-0.2, 0) is 14.8 Å². The molecule has 0 aliphatic carbocycles. The Bertz CT molecular complexity index is 1070. The third-order valence-corrected chi connectivity index (χ3v) is 7.75. The fourth-order valence-corrected chi connectivity index (χ4v) is 5.69. The summed E-state index contributed by atoms with van der Waals surface area (Å²) < 4.78 is 32.2. The maximum atomic E-state index is 12.8. The van der Waals surface area contributed by atoms with Gasteiger partial charge in [0.15, 0.2) is 5.13 Å². The summed E-state index contributed by atoms with van der Waals surface area (Å²) in [5, 5.41) is 7.05. The molecule has 3 heterocycles. The van der Waals surface area contributed by atoms with Crippen LogP contribution in [0.15, 0.2) is 52.1 Å². The Kier molecular flexibility index (Phi) is 5.56. The van der Waals surface area contributed by atoms with Crippen LogP contribution < -0.4 is 5.32 Å². The number of carbonyl (C=O) groups excluding carboxylic acids is 1. The molecule has 4 rings (SSSR count). The molecule has 0 radical (unpaired) electrons. The monoisotopic (exact) mass is 435 g/mol. The van der Waals surface area contributed by atoms with Crippen molar-refractivity contribution in [2.75, 3.05) is 31.6 Å². The van der Waals surface area contributed by atoms with Crippen molar-refractivity contribution >= 4 is 43.7 Å². The van der Waals surface area contributed by atoms with Crippen LogP contribution in [0.25, 0.3) is 10.6 Å². The Labute approximate surface area is 170 Å². The van der Waals surface area contributed by atoms with Crippen LogP contribution >= 0.6 is 22.7 Å². The number of amides is 1. The normalized spacial score (nSPS) is 15.4. The summed E-state index contributed by atoms with van der Waals surface area (Å²) in [6.45, 7) is 1.36. The first-order valence-corrected chi connectivity index (χ1v) is 11.7. The van der Waals surface area contributed by atoms with Crippen LogP contribution in [0.1, 0.15) is 10.4 Å². The lowest BCUT2D eigenvalue weighted by Crippen LogP contribution is -2.40. The van der Waals surface area contributed by atoms with Crippen molar-refractivity contribution < 1.29 is 17.9 Å². The number of thiazole rings is 1. The number of hydrogen-bond donors (Lipinski definition) is 1. The van der Waals surface area contributed by atoms with Gasteiger partial charge in [0.25, 0.3) is 5.91 Å². The number of nitrogens with one attached hydrogen (secondary N) is 1. The Balaban J connectivity index is 1.52. The minimum Gasteiger partial charge on any atom is -0.379 e. The highest BCUT2D eigenvalue weighted by Gasteiger charge is 2.27. The van der Waals surface area contributed by atoms with Crippen molar-refractivity contribution in [3.63, 3.8) is 0 Å². The fourth-order valence-electron chi connectivity index (χ4n) is 2.77. The number of benzene rings is 1. The molecule has 2 aromatic heterocycles. The molecule has 0 spiro atoms. The maximum Gasteiger partial charge on any atom is 0.257 e. The molecule has 1 saturated heterocycles. The molecule has 28 heavy (non-hydrogen) atoms. The third kappa shape index (κ3) is 4.01. The van der Waals surface area contributed by atoms with E-state index in [9.17, 15) is 13.2 Å². The number of hydrogen-bond acceptors (Lipinski definition) is 7. The molecule has 0 bridgehead atoms. The van der Waals surface area contributed by atoms with Crippen LogP contribution in [0.3, 0.4) is 0 Å². The molecule has 1 aromatic carbocycles. The SMILES string of the molecule is O=C(Nc1nc(-c2cccs2)cs1)c1cccc(S(=O)(=O)N2CCOCC2)c1. The van der Waals surface area contributed by atoms with Gasteiger partial charge in [-0.25, -0.2) is 13.4 Å². The second-order valence-corrected chi connectivity index (χ2v) is 9.76. The lowest BCUT2D eigenvalue weighted by Gasteiger charge is -2.26. The molecule has 1 N–H and O–H groups in total. The predicted molar refractivity (Wildman–Crippen MR) is 109 cm³/mol. The maximum absolute atomic E-state index is 12.8. The molecule has 1 aliphatic heterocycles. The van der Waals surface area contributed by atoms with E-state index < -0.39 is 15.9 Å². The third-order valence-electron chi connectivity index (χ3n) is 4.20. The first-order valence-electron chi connectivity index (χ1n) is 8.53. The molecule has 146 valence electrons. The van der Waals surface area contributed by atoms with E-state index in [-0.39, 0.29) is 10.5 Å². The zero-order valence-electron chi connectivity index (χ0n) is 14.7. The average molecular weight is 436 g/mol. The molecule has 0 atom stereocenters. The standard InChI is InChI=1S/C18H17N3O4S3/c22-17(20-18-19-15(12-27-18)16-5-2-10-26-16)13-3-1-4-14(11-13)28(23,24)21-6-8-25-9-7-21/h1-5,10-12H,6-9H2,(H,19,20,22). The molecule has 1 aliphatic rings. The summed E-state index contributed by atoms with van der Waals surface area (Å²) in [6.07, 6.45) is 0. The van der Waals surface area contributed by atoms with Crippen molar-refractivity contribution in [1.29, 1.82) is 0 Å². The van der Waals surface area contributed by atoms with Crippen LogP contribution in [0.5, 0.6) is 0 Å². The number of morpholine rings is 1. The highest BCUT2D eigenvalue weighted by molar-refractivity contribution is 7.89. The zero-order valence-corrected chi connectivity index (χ0v) is 17.1. The van der Waals surface area contributed by atoms with E-state index in [0.717, 1.165) is 10.6 Å². The number of ether oxygens (including phenoxy) is 1. The second-order valence-electron chi connectivity index (χ2n) is 6.01. The molecule has 3 aromatic rings. The number of rotatable bonds is 5. The number of carbonyl (C=O) groups is 1. The molecular weight excluding hydrogens is 418 g/mol. The van der Waals surface area contributed by atoms with E-state index in [4.69, 9.17) is 4.74 Å². The number of nitrogens with zero attached hydrogens (tertiary/aromatic N) is 2. The average Bonchev–Trinajstić information content (AvgIpc) is 3.40. The van der Waals surface area contributed by atoms with Gasteiger partial charge in [0.1, 0.15) is 0 Å². The van der Waals surface area contributed by atoms with Gasteiger partial charge in [-0.2, -0.15) is 4.31 Å². The summed E-state index contributed by atoms with van der Waals surface area (Å²) in [7, 11) is -3.65. The van der Waals surface area contributed by atoms with Gasteiger partial charge in [-0.3, -0.25) is 10.1 Å². The predicted octanol–water partition coefficient (Wildman–Crippen LogP) is 3.14. The molecule has 0 saturated carbocycles. The van der Waals surface area contributed by atoms with Crippen LogP contribution in [0, 0.1) is 0 Å². The summed E-state index contributed by atoms with van der Waals surface area (Å²) >= 11 is 2.90. The number of anilines is 1. The Morgan fingerprint density at radius 2 is 1.96 bits per heavy atom. The van der Waals surface area contributed by atoms with Crippen molar-refractivity contribution in [2.45, 2.75) is 4.90 Å². The van der Waals surface area contributed by atoms with Crippen LogP contribution in [0.4, 0.5) is 5.13 Å². The molecule has 1 amide bonds. The summed E-state index contributed by atoms with van der Waals surface area (Å²) in [5.74, 6) is -0.397. The lowest BCUT2D eigenvalue weighted by atomic mass is 10.2. The first kappa shape index (κ1) is 19.2. The van der Waals surface area contributed by atoms with Crippen LogP contribution in [-0.4, -0.2) is 49.9 Å². The number of sulfonamides is 1. The van der Waals surface area contributed by atoms with E-state index in [1.54, 1.807) is 23.5 Å². The minimum atomic E-state index is -3.65. The molecule has 7 nitrogen and oxygen atoms in total. The summed E-state index contributed by atoms with van der Waals surface area (Å²) in [5.41, 5.74) is 1.07. The highest BCUT2D eigenvalue weighted by Crippen LogP contribution is 2.28. The smallest absolute Gasteiger partial charge is 0.257 e. The van der Waals surface area contributed by atoms with Crippen molar-refractivity contribution in [3.05, 3.63) is 52.7 Å². The van der Waals surface area contributed by atoms with Gasteiger partial charge in [-0.1, -0.05) is 12.1 Å². The largest absolute Gasteiger partial charge is 0.379 e. The summed E-state index contributed by atoms with van der Waals surface area (Å²) in [6, 6.07) is 9.96. The quantitative estimate of drug-likeness (QED) is 0.665. The van der Waals surface area contributed by atoms with E-state index in [1.807, 2.05) is 22.9 Å².